The molecular weight excluding hydrogens is 426 g/mol. The number of fused-ring (bicyclic) bond motifs is 1. The Morgan fingerprint density at radius 2 is 1.28 bits per heavy atom. The second-order valence-corrected chi connectivity index (χ2v) is 6.17. The maximum atomic E-state index is 12.6. The molecule has 0 aliphatic carbocycles. The number of amides is 2. The summed E-state index contributed by atoms with van der Waals surface area (Å²) in [4.78, 5) is 71.9. The molecule has 0 aromatic heterocycles. The summed E-state index contributed by atoms with van der Waals surface area (Å²) in [5, 5.41) is 0. The highest BCUT2D eigenvalue weighted by atomic mass is 16.6. The summed E-state index contributed by atoms with van der Waals surface area (Å²) in [6, 6.07) is 6.15. The Morgan fingerprint density at radius 1 is 0.812 bits per heavy atom. The highest BCUT2D eigenvalue weighted by molar-refractivity contribution is 6.21. The number of rotatable bonds is 9. The molecule has 1 unspecified atom stereocenters. The first-order chi connectivity index (χ1) is 15.3. The molecule has 0 saturated carbocycles. The van der Waals surface area contributed by atoms with Crippen LogP contribution in [-0.2, 0) is 38.1 Å². The smallest absolute Gasteiger partial charge is 0.331 e. The van der Waals surface area contributed by atoms with Crippen LogP contribution < -0.4 is 0 Å². The molecule has 0 spiro atoms. The summed E-state index contributed by atoms with van der Waals surface area (Å²) in [6.45, 7) is -0.965. The van der Waals surface area contributed by atoms with Gasteiger partial charge in [-0.25, -0.2) is 19.2 Å². The molecule has 1 aromatic rings. The van der Waals surface area contributed by atoms with Crippen molar-refractivity contribution < 1.29 is 47.7 Å². The quantitative estimate of drug-likeness (QED) is 0.224. The van der Waals surface area contributed by atoms with Gasteiger partial charge in [-0.1, -0.05) is 12.1 Å². The van der Waals surface area contributed by atoms with Gasteiger partial charge in [0.1, 0.15) is 6.61 Å². The Morgan fingerprint density at radius 3 is 1.78 bits per heavy atom. The Kier molecular flexibility index (Phi) is 8.40. The highest BCUT2D eigenvalue weighted by Crippen LogP contribution is 2.23. The van der Waals surface area contributed by atoms with Crippen molar-refractivity contribution in [2.24, 2.45) is 0 Å². The molecule has 32 heavy (non-hydrogen) atoms. The lowest BCUT2D eigenvalue weighted by Crippen LogP contribution is -2.41. The molecular formula is C21H19NO10. The SMILES string of the molecule is COC(=O)/C=C/C(=O)OCC(CN1C(=O)c2ccccc2C1=O)OC(=O)/C=C/C(=O)OC. The summed E-state index contributed by atoms with van der Waals surface area (Å²) in [7, 11) is 2.24. The predicted molar refractivity (Wildman–Crippen MR) is 105 cm³/mol. The summed E-state index contributed by atoms with van der Waals surface area (Å²) < 4.78 is 18.8. The van der Waals surface area contributed by atoms with Crippen LogP contribution in [-0.4, -0.2) is 74.1 Å². The predicted octanol–water partition coefficient (Wildman–Crippen LogP) is 0.196. The van der Waals surface area contributed by atoms with Crippen LogP contribution in [0.3, 0.4) is 0 Å². The molecule has 2 amide bonds. The van der Waals surface area contributed by atoms with E-state index >= 15 is 0 Å². The van der Waals surface area contributed by atoms with E-state index in [4.69, 9.17) is 9.47 Å². The molecule has 0 bridgehead atoms. The van der Waals surface area contributed by atoms with Crippen molar-refractivity contribution in [3.63, 3.8) is 0 Å². The van der Waals surface area contributed by atoms with Gasteiger partial charge in [0.2, 0.25) is 0 Å². The molecule has 168 valence electrons. The van der Waals surface area contributed by atoms with Gasteiger partial charge in [-0.3, -0.25) is 14.5 Å². The molecule has 0 fully saturated rings. The minimum absolute atomic E-state index is 0.186. The van der Waals surface area contributed by atoms with Crippen molar-refractivity contribution in [1.29, 1.82) is 0 Å². The number of esters is 4. The zero-order valence-electron chi connectivity index (χ0n) is 17.1. The minimum atomic E-state index is -1.26. The number of ether oxygens (including phenoxy) is 4. The largest absolute Gasteiger partial charge is 0.466 e. The van der Waals surface area contributed by atoms with E-state index in [1.165, 1.54) is 12.1 Å². The Bertz CT molecular complexity index is 959. The monoisotopic (exact) mass is 445 g/mol. The third-order valence-electron chi connectivity index (χ3n) is 4.07. The molecule has 1 heterocycles. The van der Waals surface area contributed by atoms with Crippen molar-refractivity contribution in [1.82, 2.24) is 4.90 Å². The number of carbonyl (C=O) groups excluding carboxylic acids is 6. The first kappa shape index (κ1) is 24.0. The molecule has 11 nitrogen and oxygen atoms in total. The molecule has 0 radical (unpaired) electrons. The van der Waals surface area contributed by atoms with Gasteiger partial charge in [0.25, 0.3) is 11.8 Å². The normalized spacial score (nSPS) is 13.8. The standard InChI is InChI=1S/C21H19NO10/c1-29-16(23)7-9-18(25)31-12-13(32-19(26)10-8-17(24)30-2)11-22-20(27)14-5-3-4-6-15(14)21(22)28/h3-10,13H,11-12H2,1-2H3/b9-7+,10-8+. The van der Waals surface area contributed by atoms with E-state index in [0.717, 1.165) is 43.4 Å². The molecule has 1 atom stereocenters. The fourth-order valence-electron chi connectivity index (χ4n) is 2.57. The zero-order chi connectivity index (χ0) is 23.7. The third-order valence-corrected chi connectivity index (χ3v) is 4.07. The van der Waals surface area contributed by atoms with Crippen LogP contribution in [0.25, 0.3) is 0 Å². The number of methoxy groups -OCH3 is 2. The van der Waals surface area contributed by atoms with Crippen LogP contribution in [0.4, 0.5) is 0 Å². The van der Waals surface area contributed by atoms with E-state index in [1.807, 2.05) is 0 Å². The zero-order valence-corrected chi connectivity index (χ0v) is 17.1. The second kappa shape index (κ2) is 11.2. The van der Waals surface area contributed by atoms with Gasteiger partial charge in [-0.2, -0.15) is 0 Å². The molecule has 11 heteroatoms. The van der Waals surface area contributed by atoms with E-state index in [9.17, 15) is 28.8 Å². The van der Waals surface area contributed by atoms with Crippen molar-refractivity contribution in [3.8, 4) is 0 Å². The number of hydrogen-bond acceptors (Lipinski definition) is 10. The van der Waals surface area contributed by atoms with E-state index in [0.29, 0.717) is 0 Å². The number of nitrogens with zero attached hydrogens (tertiary/aromatic N) is 1. The lowest BCUT2D eigenvalue weighted by molar-refractivity contribution is -0.153. The molecule has 1 aliphatic rings. The van der Waals surface area contributed by atoms with Gasteiger partial charge in [0.15, 0.2) is 6.10 Å². The summed E-state index contributed by atoms with van der Waals surface area (Å²) >= 11 is 0. The summed E-state index contributed by atoms with van der Waals surface area (Å²) in [5.41, 5.74) is 0.373. The van der Waals surface area contributed by atoms with Crippen LogP contribution in [0.15, 0.2) is 48.6 Å². The summed E-state index contributed by atoms with van der Waals surface area (Å²) in [5.74, 6) is -4.76. The number of imide groups is 1. The van der Waals surface area contributed by atoms with Crippen LogP contribution in [0, 0.1) is 0 Å². The average molecular weight is 445 g/mol. The van der Waals surface area contributed by atoms with Gasteiger partial charge >= 0.3 is 23.9 Å². The topological polar surface area (TPSA) is 143 Å². The van der Waals surface area contributed by atoms with E-state index in [-0.39, 0.29) is 11.1 Å². The average Bonchev–Trinajstić information content (AvgIpc) is 3.04. The highest BCUT2D eigenvalue weighted by Gasteiger charge is 2.37. The molecule has 1 aromatic carbocycles. The van der Waals surface area contributed by atoms with Crippen LogP contribution in [0.1, 0.15) is 20.7 Å². The molecule has 1 aliphatic heterocycles. The van der Waals surface area contributed by atoms with E-state index in [2.05, 4.69) is 9.47 Å². The van der Waals surface area contributed by atoms with Gasteiger partial charge in [-0.15, -0.1) is 0 Å². The van der Waals surface area contributed by atoms with Crippen LogP contribution >= 0.6 is 0 Å². The maximum absolute atomic E-state index is 12.6. The van der Waals surface area contributed by atoms with Crippen molar-refractivity contribution in [3.05, 3.63) is 59.7 Å². The molecule has 2 rings (SSSR count). The van der Waals surface area contributed by atoms with Gasteiger partial charge in [0, 0.05) is 24.3 Å². The van der Waals surface area contributed by atoms with Gasteiger partial charge in [-0.05, 0) is 12.1 Å². The van der Waals surface area contributed by atoms with Crippen LogP contribution in [0.2, 0.25) is 0 Å². The maximum Gasteiger partial charge on any atom is 0.331 e. The molecule has 0 N–H and O–H groups in total. The Labute approximate surface area is 182 Å². The Hall–Kier alpha value is -4.28. The van der Waals surface area contributed by atoms with Gasteiger partial charge in [0.05, 0.1) is 31.9 Å². The second-order valence-electron chi connectivity index (χ2n) is 6.17. The fourth-order valence-corrected chi connectivity index (χ4v) is 2.57. The van der Waals surface area contributed by atoms with E-state index < -0.39 is 54.9 Å². The lowest BCUT2D eigenvalue weighted by atomic mass is 10.1. The van der Waals surface area contributed by atoms with Crippen molar-refractivity contribution in [2.45, 2.75) is 6.10 Å². The Balaban J connectivity index is 2.11. The number of hydrogen-bond donors (Lipinski definition) is 0. The van der Waals surface area contributed by atoms with Crippen LogP contribution in [0.5, 0.6) is 0 Å². The third kappa shape index (κ3) is 6.36. The lowest BCUT2D eigenvalue weighted by Gasteiger charge is -2.22. The number of benzene rings is 1. The van der Waals surface area contributed by atoms with Crippen molar-refractivity contribution in [2.75, 3.05) is 27.4 Å². The summed E-state index contributed by atoms with van der Waals surface area (Å²) in [6.07, 6.45) is 1.95. The molecule has 0 saturated heterocycles. The minimum Gasteiger partial charge on any atom is -0.466 e. The first-order valence-electron chi connectivity index (χ1n) is 9.11. The van der Waals surface area contributed by atoms with Gasteiger partial charge < -0.3 is 18.9 Å². The number of carbonyl (C=O) groups is 6. The fraction of sp³-hybridized carbons (Fsp3) is 0.238. The van der Waals surface area contributed by atoms with Crippen molar-refractivity contribution >= 4 is 35.7 Å². The van der Waals surface area contributed by atoms with E-state index in [1.54, 1.807) is 12.1 Å². The first-order valence-corrected chi connectivity index (χ1v) is 9.11.